The molecule has 9 heteroatoms. The van der Waals surface area contributed by atoms with Gasteiger partial charge >= 0.3 is 0 Å². The number of nitrogens with two attached hydrogens (primary N) is 1. The molecule has 0 bridgehead atoms. The highest BCUT2D eigenvalue weighted by Crippen LogP contribution is 2.38. The minimum absolute atomic E-state index is 0.0467. The van der Waals surface area contributed by atoms with Crippen LogP contribution in [0.15, 0.2) is 18.2 Å². The molecular weight excluding hydrogens is 376 g/mol. The largest absolute Gasteiger partial charge is 0.368 e. The van der Waals surface area contributed by atoms with Gasteiger partial charge < -0.3 is 15.5 Å². The molecule has 2 heterocycles. The fraction of sp³-hybridized carbons (Fsp3) is 0.474. The van der Waals surface area contributed by atoms with Crippen LogP contribution in [0.1, 0.15) is 18.1 Å². The van der Waals surface area contributed by atoms with Crippen molar-refractivity contribution in [2.75, 3.05) is 54.3 Å². The standard InChI is InChI=1S/C19H26N6O2S/c1-3-28(26,27)23-14-5-7-15-13(12-14)4-6-16-17(15)21-19(20)22-18(16)25-10-8-24(2)9-11-25/h5,7,12,23H,3-4,6,8-11H2,1-2H3,(H2,20,21,22). The van der Waals surface area contributed by atoms with Crippen LogP contribution in [0.3, 0.4) is 0 Å². The molecular formula is C19H26N6O2S. The molecule has 2 aliphatic rings. The van der Waals surface area contributed by atoms with Crippen molar-refractivity contribution < 1.29 is 8.42 Å². The lowest BCUT2D eigenvalue weighted by atomic mass is 9.88. The molecule has 1 aliphatic heterocycles. The molecule has 1 aromatic carbocycles. The monoisotopic (exact) mass is 402 g/mol. The van der Waals surface area contributed by atoms with E-state index in [1.807, 2.05) is 12.1 Å². The highest BCUT2D eigenvalue weighted by molar-refractivity contribution is 7.92. The van der Waals surface area contributed by atoms with Gasteiger partial charge in [-0.05, 0) is 44.5 Å². The maximum atomic E-state index is 11.9. The molecule has 0 atom stereocenters. The number of rotatable bonds is 4. The van der Waals surface area contributed by atoms with Crippen LogP contribution < -0.4 is 15.4 Å². The summed E-state index contributed by atoms with van der Waals surface area (Å²) in [5, 5.41) is 0. The Kier molecular flexibility index (Phi) is 4.88. The third-order valence-electron chi connectivity index (χ3n) is 5.46. The van der Waals surface area contributed by atoms with Crippen molar-refractivity contribution in [3.05, 3.63) is 29.3 Å². The van der Waals surface area contributed by atoms with Gasteiger partial charge in [-0.25, -0.2) is 13.4 Å². The smallest absolute Gasteiger partial charge is 0.232 e. The topological polar surface area (TPSA) is 104 Å². The fourth-order valence-electron chi connectivity index (χ4n) is 3.83. The first-order valence-electron chi connectivity index (χ1n) is 9.60. The number of sulfonamides is 1. The van der Waals surface area contributed by atoms with Gasteiger partial charge in [-0.2, -0.15) is 4.98 Å². The molecule has 1 aromatic heterocycles. The maximum absolute atomic E-state index is 11.9. The molecule has 150 valence electrons. The number of nitrogens with one attached hydrogen (secondary N) is 1. The van der Waals surface area contributed by atoms with Crippen LogP contribution in [0.25, 0.3) is 11.3 Å². The molecule has 1 saturated heterocycles. The van der Waals surface area contributed by atoms with Crippen molar-refractivity contribution >= 4 is 27.5 Å². The predicted molar refractivity (Wildman–Crippen MR) is 112 cm³/mol. The molecule has 2 aromatic rings. The third kappa shape index (κ3) is 3.64. The zero-order valence-electron chi connectivity index (χ0n) is 16.3. The van der Waals surface area contributed by atoms with E-state index in [9.17, 15) is 8.42 Å². The van der Waals surface area contributed by atoms with Crippen LogP contribution in [-0.4, -0.2) is 62.3 Å². The van der Waals surface area contributed by atoms with Crippen molar-refractivity contribution in [2.45, 2.75) is 19.8 Å². The lowest BCUT2D eigenvalue weighted by Gasteiger charge is -2.35. The molecule has 0 unspecified atom stereocenters. The highest BCUT2D eigenvalue weighted by Gasteiger charge is 2.26. The summed E-state index contributed by atoms with van der Waals surface area (Å²) in [5.41, 5.74) is 10.7. The van der Waals surface area contributed by atoms with Crippen molar-refractivity contribution in [3.63, 3.8) is 0 Å². The van der Waals surface area contributed by atoms with Gasteiger partial charge in [0.1, 0.15) is 5.82 Å². The zero-order chi connectivity index (χ0) is 19.9. The second kappa shape index (κ2) is 7.21. The summed E-state index contributed by atoms with van der Waals surface area (Å²) in [6, 6.07) is 5.62. The van der Waals surface area contributed by atoms with Crippen LogP contribution in [0.2, 0.25) is 0 Å². The summed E-state index contributed by atoms with van der Waals surface area (Å²) < 4.78 is 26.4. The number of likely N-dealkylation sites (N-methyl/N-ethyl adjacent to an activating group) is 1. The maximum Gasteiger partial charge on any atom is 0.232 e. The highest BCUT2D eigenvalue weighted by atomic mass is 32.2. The van der Waals surface area contributed by atoms with Gasteiger partial charge in [0.2, 0.25) is 16.0 Å². The summed E-state index contributed by atoms with van der Waals surface area (Å²) in [5.74, 6) is 1.26. The van der Waals surface area contributed by atoms with Gasteiger partial charge in [0.05, 0.1) is 11.4 Å². The molecule has 0 spiro atoms. The van der Waals surface area contributed by atoms with Gasteiger partial charge in [0.25, 0.3) is 0 Å². The van der Waals surface area contributed by atoms with E-state index in [2.05, 4.69) is 31.5 Å². The van der Waals surface area contributed by atoms with E-state index in [1.165, 1.54) is 0 Å². The number of piperazine rings is 1. The van der Waals surface area contributed by atoms with Crippen molar-refractivity contribution in [1.29, 1.82) is 0 Å². The van der Waals surface area contributed by atoms with Gasteiger partial charge in [0.15, 0.2) is 0 Å². The third-order valence-corrected chi connectivity index (χ3v) is 6.77. The van der Waals surface area contributed by atoms with Crippen LogP contribution >= 0.6 is 0 Å². The number of hydrogen-bond acceptors (Lipinski definition) is 7. The number of fused-ring (bicyclic) bond motifs is 3. The zero-order valence-corrected chi connectivity index (χ0v) is 17.1. The van der Waals surface area contributed by atoms with Gasteiger partial charge in [-0.1, -0.05) is 6.07 Å². The van der Waals surface area contributed by atoms with Crippen molar-refractivity contribution in [1.82, 2.24) is 14.9 Å². The number of nitrogens with zero attached hydrogens (tertiary/aromatic N) is 4. The summed E-state index contributed by atoms with van der Waals surface area (Å²) >= 11 is 0. The van der Waals surface area contributed by atoms with E-state index in [0.717, 1.165) is 67.2 Å². The van der Waals surface area contributed by atoms with Crippen molar-refractivity contribution in [2.24, 2.45) is 0 Å². The van der Waals surface area contributed by atoms with E-state index in [0.29, 0.717) is 5.69 Å². The molecule has 0 radical (unpaired) electrons. The van der Waals surface area contributed by atoms with Crippen LogP contribution in [0.4, 0.5) is 17.5 Å². The Bertz CT molecular complexity index is 1000. The first kappa shape index (κ1) is 18.9. The van der Waals surface area contributed by atoms with Crippen LogP contribution in [-0.2, 0) is 22.9 Å². The second-order valence-corrected chi connectivity index (χ2v) is 9.41. The molecule has 4 rings (SSSR count). The van der Waals surface area contributed by atoms with E-state index >= 15 is 0 Å². The SMILES string of the molecule is CCS(=O)(=O)Nc1ccc2c(c1)CCc1c-2nc(N)nc1N1CCN(C)CC1. The Morgan fingerprint density at radius 3 is 2.61 bits per heavy atom. The second-order valence-electron chi connectivity index (χ2n) is 7.40. The Morgan fingerprint density at radius 2 is 1.89 bits per heavy atom. The molecule has 1 aliphatic carbocycles. The number of aromatic nitrogens is 2. The Hall–Kier alpha value is -2.39. The van der Waals surface area contributed by atoms with E-state index in [1.54, 1.807) is 13.0 Å². The normalized spacial score (nSPS) is 17.1. The van der Waals surface area contributed by atoms with Gasteiger partial charge in [-0.15, -0.1) is 0 Å². The van der Waals surface area contributed by atoms with E-state index in [4.69, 9.17) is 5.73 Å². The van der Waals surface area contributed by atoms with Crippen molar-refractivity contribution in [3.8, 4) is 11.3 Å². The number of benzene rings is 1. The fourth-order valence-corrected chi connectivity index (χ4v) is 4.46. The summed E-state index contributed by atoms with van der Waals surface area (Å²) in [7, 11) is -1.17. The number of nitrogen functional groups attached to an aromatic ring is 1. The molecule has 8 nitrogen and oxygen atoms in total. The van der Waals surface area contributed by atoms with E-state index < -0.39 is 10.0 Å². The Labute approximate surface area is 165 Å². The summed E-state index contributed by atoms with van der Waals surface area (Å²) in [6.07, 6.45) is 1.63. The lowest BCUT2D eigenvalue weighted by Crippen LogP contribution is -2.45. The van der Waals surface area contributed by atoms with E-state index in [-0.39, 0.29) is 11.7 Å². The molecule has 0 amide bonds. The first-order valence-corrected chi connectivity index (χ1v) is 11.2. The lowest BCUT2D eigenvalue weighted by molar-refractivity contribution is 0.312. The molecule has 0 saturated carbocycles. The molecule has 3 N–H and O–H groups in total. The Balaban J connectivity index is 1.71. The average molecular weight is 403 g/mol. The molecule has 28 heavy (non-hydrogen) atoms. The van der Waals surface area contributed by atoms with Gasteiger partial charge in [0, 0.05) is 43.0 Å². The van der Waals surface area contributed by atoms with Crippen LogP contribution in [0.5, 0.6) is 0 Å². The number of anilines is 3. The predicted octanol–water partition coefficient (Wildman–Crippen LogP) is 1.34. The Morgan fingerprint density at radius 1 is 1.14 bits per heavy atom. The summed E-state index contributed by atoms with van der Waals surface area (Å²) in [6.45, 7) is 5.46. The molecule has 1 fully saturated rings. The van der Waals surface area contributed by atoms with Crippen LogP contribution in [0, 0.1) is 0 Å². The van der Waals surface area contributed by atoms with Gasteiger partial charge in [-0.3, -0.25) is 4.72 Å². The summed E-state index contributed by atoms with van der Waals surface area (Å²) in [4.78, 5) is 13.7. The number of aryl methyl sites for hydroxylation is 1. The first-order chi connectivity index (χ1) is 13.4. The minimum Gasteiger partial charge on any atom is -0.368 e. The average Bonchev–Trinajstić information content (AvgIpc) is 2.67. The minimum atomic E-state index is -3.30. The number of hydrogen-bond donors (Lipinski definition) is 2. The quantitative estimate of drug-likeness (QED) is 0.795.